The van der Waals surface area contributed by atoms with Crippen LogP contribution in [0.25, 0.3) is 0 Å². The lowest BCUT2D eigenvalue weighted by Gasteiger charge is -2.40. The van der Waals surface area contributed by atoms with Gasteiger partial charge in [0.25, 0.3) is 0 Å². The Morgan fingerprint density at radius 1 is 1.26 bits per heavy atom. The van der Waals surface area contributed by atoms with Gasteiger partial charge < -0.3 is 14.9 Å². The quantitative estimate of drug-likeness (QED) is 0.510. The molecular formula is C20H24FNO5. The molecule has 1 aromatic rings. The van der Waals surface area contributed by atoms with Crippen molar-refractivity contribution in [2.24, 2.45) is 0 Å². The van der Waals surface area contributed by atoms with Gasteiger partial charge in [-0.3, -0.25) is 9.69 Å². The van der Waals surface area contributed by atoms with Crippen LogP contribution >= 0.6 is 0 Å². The van der Waals surface area contributed by atoms with E-state index < -0.39 is 17.7 Å². The Kier molecular flexibility index (Phi) is 5.79. The largest absolute Gasteiger partial charge is 0.479 e. The molecule has 6 nitrogen and oxygen atoms in total. The van der Waals surface area contributed by atoms with Crippen molar-refractivity contribution in [1.82, 2.24) is 4.90 Å². The fourth-order valence-electron chi connectivity index (χ4n) is 3.88. The highest BCUT2D eigenvalue weighted by molar-refractivity contribution is 5.94. The Hall–Kier alpha value is -2.41. The van der Waals surface area contributed by atoms with Crippen molar-refractivity contribution in [1.29, 1.82) is 0 Å². The van der Waals surface area contributed by atoms with Crippen molar-refractivity contribution in [3.8, 4) is 0 Å². The van der Waals surface area contributed by atoms with E-state index in [9.17, 15) is 24.2 Å². The van der Waals surface area contributed by atoms with Crippen LogP contribution in [0.1, 0.15) is 44.1 Å². The van der Waals surface area contributed by atoms with Gasteiger partial charge >= 0.3 is 5.97 Å². The Balaban J connectivity index is 1.54. The Morgan fingerprint density at radius 3 is 2.59 bits per heavy atom. The fraction of sp³-hybridized carbons (Fsp3) is 0.500. The molecule has 146 valence electrons. The third-order valence-electron chi connectivity index (χ3n) is 5.29. The second kappa shape index (κ2) is 8.08. The van der Waals surface area contributed by atoms with Crippen LogP contribution < -0.4 is 0 Å². The average molecular weight is 377 g/mol. The third kappa shape index (κ3) is 3.69. The molecule has 0 bridgehead atoms. The number of nitrogens with zero attached hydrogens (tertiary/aromatic N) is 1. The van der Waals surface area contributed by atoms with Crippen molar-refractivity contribution in [2.75, 3.05) is 6.61 Å². The number of fused-ring (bicyclic) bond motifs is 1. The second-order valence-corrected chi connectivity index (χ2v) is 7.00. The molecule has 0 spiro atoms. The lowest BCUT2D eigenvalue weighted by atomic mass is 9.86. The van der Waals surface area contributed by atoms with Gasteiger partial charge in [-0.2, -0.15) is 0 Å². The van der Waals surface area contributed by atoms with Gasteiger partial charge in [0.15, 0.2) is 6.23 Å². The molecule has 2 saturated heterocycles. The predicted octanol–water partition coefficient (Wildman–Crippen LogP) is 2.61. The standard InChI is InChI=1S/C20H24FNO5/c21-15-8-6-14(7-9-15)5-3-1-2-4-11-20(19(25)26)16(10-12-23)27-18-13-17(24)22(18)20/h6-10,18,23H,1-5,11-13H2,(H,25,26)/b16-10-/t18-,20-/m1/s1. The summed E-state index contributed by atoms with van der Waals surface area (Å²) >= 11 is 0. The lowest BCUT2D eigenvalue weighted by molar-refractivity contribution is -0.171. The zero-order chi connectivity index (χ0) is 19.4. The highest BCUT2D eigenvalue weighted by Crippen LogP contribution is 2.46. The number of unbranched alkanes of at least 4 members (excludes halogenated alkanes) is 3. The molecule has 2 heterocycles. The normalized spacial score (nSPS) is 25.3. The molecule has 0 aliphatic carbocycles. The van der Waals surface area contributed by atoms with E-state index in [-0.39, 0.29) is 36.9 Å². The van der Waals surface area contributed by atoms with Crippen LogP contribution in [0.5, 0.6) is 0 Å². The number of amides is 1. The SMILES string of the molecule is O=C1C[C@H]2O/C(=C\CO)[C@](CCCCCCc3ccc(F)cc3)(C(=O)O)N12. The number of carboxylic acids is 1. The number of carboxylic acid groups (broad SMARTS) is 1. The topological polar surface area (TPSA) is 87.1 Å². The molecule has 0 saturated carbocycles. The highest BCUT2D eigenvalue weighted by atomic mass is 19.1. The lowest BCUT2D eigenvalue weighted by Crippen LogP contribution is -2.62. The molecule has 7 heteroatoms. The first-order chi connectivity index (χ1) is 13.0. The van der Waals surface area contributed by atoms with E-state index in [2.05, 4.69) is 0 Å². The first-order valence-electron chi connectivity index (χ1n) is 9.27. The molecule has 2 aliphatic heterocycles. The Bertz CT molecular complexity index is 732. The summed E-state index contributed by atoms with van der Waals surface area (Å²) in [6.45, 7) is -0.337. The number of aryl methyl sites for hydroxylation is 1. The molecule has 0 aromatic heterocycles. The van der Waals surface area contributed by atoms with Crippen LogP contribution in [0.2, 0.25) is 0 Å². The monoisotopic (exact) mass is 377 g/mol. The van der Waals surface area contributed by atoms with Gasteiger partial charge in [0, 0.05) is 0 Å². The van der Waals surface area contributed by atoms with Crippen molar-refractivity contribution >= 4 is 11.9 Å². The van der Waals surface area contributed by atoms with E-state index in [0.717, 1.165) is 31.2 Å². The second-order valence-electron chi connectivity index (χ2n) is 7.00. The zero-order valence-corrected chi connectivity index (χ0v) is 15.1. The average Bonchev–Trinajstić information content (AvgIpc) is 2.88. The van der Waals surface area contributed by atoms with Crippen LogP contribution in [0.15, 0.2) is 36.1 Å². The maximum absolute atomic E-state index is 12.9. The summed E-state index contributed by atoms with van der Waals surface area (Å²) in [4.78, 5) is 25.3. The van der Waals surface area contributed by atoms with Gasteiger partial charge in [-0.1, -0.05) is 31.4 Å². The number of ether oxygens (including phenoxy) is 1. The van der Waals surface area contributed by atoms with Crippen LogP contribution in [0.3, 0.4) is 0 Å². The number of aliphatic hydroxyl groups is 1. The summed E-state index contributed by atoms with van der Waals surface area (Å²) in [5.41, 5.74) is -0.426. The first kappa shape index (κ1) is 19.4. The summed E-state index contributed by atoms with van der Waals surface area (Å²) in [7, 11) is 0. The van der Waals surface area contributed by atoms with Crippen LogP contribution in [-0.4, -0.2) is 45.4 Å². The number of β-lactam (4-membered cyclic amide) rings is 1. The minimum Gasteiger partial charge on any atom is -0.479 e. The molecule has 1 aromatic carbocycles. The number of benzene rings is 1. The summed E-state index contributed by atoms with van der Waals surface area (Å²) in [6, 6.07) is 6.43. The van der Waals surface area contributed by atoms with E-state index in [1.54, 1.807) is 12.1 Å². The van der Waals surface area contributed by atoms with Crippen molar-refractivity contribution in [3.05, 3.63) is 47.5 Å². The number of aliphatic hydroxyl groups excluding tert-OH is 1. The van der Waals surface area contributed by atoms with E-state index in [0.29, 0.717) is 6.42 Å². The summed E-state index contributed by atoms with van der Waals surface area (Å²) in [6.07, 6.45) is 5.35. The minimum atomic E-state index is -1.50. The van der Waals surface area contributed by atoms with Gasteiger partial charge in [-0.15, -0.1) is 0 Å². The molecule has 0 radical (unpaired) electrons. The molecule has 2 atom stereocenters. The number of carbonyl (C=O) groups excluding carboxylic acids is 1. The minimum absolute atomic E-state index is 0.166. The Labute approximate surface area is 157 Å². The van der Waals surface area contributed by atoms with Gasteiger partial charge in [0.2, 0.25) is 11.4 Å². The fourth-order valence-corrected chi connectivity index (χ4v) is 3.88. The van der Waals surface area contributed by atoms with Gasteiger partial charge in [-0.05, 0) is 43.0 Å². The molecular weight excluding hydrogens is 353 g/mol. The van der Waals surface area contributed by atoms with Gasteiger partial charge in [0.1, 0.15) is 11.6 Å². The number of carbonyl (C=O) groups is 2. The van der Waals surface area contributed by atoms with E-state index in [4.69, 9.17) is 4.74 Å². The zero-order valence-electron chi connectivity index (χ0n) is 15.1. The van der Waals surface area contributed by atoms with E-state index >= 15 is 0 Å². The Morgan fingerprint density at radius 2 is 1.96 bits per heavy atom. The number of hydrogen-bond acceptors (Lipinski definition) is 4. The number of hydrogen-bond donors (Lipinski definition) is 2. The van der Waals surface area contributed by atoms with Crippen LogP contribution in [-0.2, 0) is 20.7 Å². The number of rotatable bonds is 9. The maximum atomic E-state index is 12.9. The van der Waals surface area contributed by atoms with Gasteiger partial charge in [-0.25, -0.2) is 9.18 Å². The third-order valence-corrected chi connectivity index (χ3v) is 5.29. The smallest absolute Gasteiger partial charge is 0.337 e. The molecule has 2 N–H and O–H groups in total. The predicted molar refractivity (Wildman–Crippen MR) is 95.1 cm³/mol. The molecule has 2 aliphatic rings. The van der Waals surface area contributed by atoms with Gasteiger partial charge in [0.05, 0.1) is 13.0 Å². The number of aliphatic carboxylic acids is 1. The number of halogens is 1. The summed E-state index contributed by atoms with van der Waals surface area (Å²) in [5.74, 6) is -1.44. The van der Waals surface area contributed by atoms with Crippen molar-refractivity contribution in [2.45, 2.75) is 56.7 Å². The first-order valence-corrected chi connectivity index (χ1v) is 9.27. The van der Waals surface area contributed by atoms with Crippen LogP contribution in [0, 0.1) is 5.82 Å². The summed E-state index contributed by atoms with van der Waals surface area (Å²) < 4.78 is 18.5. The van der Waals surface area contributed by atoms with Crippen LogP contribution in [0.4, 0.5) is 4.39 Å². The summed E-state index contributed by atoms with van der Waals surface area (Å²) in [5, 5.41) is 19.0. The van der Waals surface area contributed by atoms with E-state index in [1.165, 1.54) is 23.1 Å². The van der Waals surface area contributed by atoms with Crippen molar-refractivity contribution in [3.63, 3.8) is 0 Å². The highest BCUT2D eigenvalue weighted by Gasteiger charge is 2.64. The molecule has 27 heavy (non-hydrogen) atoms. The molecule has 2 fully saturated rings. The molecule has 3 rings (SSSR count). The molecule has 0 unspecified atom stereocenters. The van der Waals surface area contributed by atoms with Crippen molar-refractivity contribution < 1.29 is 28.9 Å². The maximum Gasteiger partial charge on any atom is 0.337 e. The molecule has 1 amide bonds. The van der Waals surface area contributed by atoms with E-state index in [1.807, 2.05) is 0 Å².